The standard InChI is InChI=1S/C61H39NO/c1-3-15-40(16-4-1)42-27-33-45(34-28-42)62(46-35-29-43(30-36-46)41-17-5-2-6-18-41)47-37-31-44(32-38-47)52-39-56-58(59-51-22-10-14-26-57(51)63-60(52)59)50-21-9-13-25-55(50)61(56)53-23-11-7-19-48(53)49-20-8-12-24-54(49)61/h1-39H. The zero-order chi connectivity index (χ0) is 41.5. The van der Waals surface area contributed by atoms with Crippen LogP contribution in [0.2, 0.25) is 0 Å². The first-order chi connectivity index (χ1) is 31.3. The molecule has 2 aliphatic carbocycles. The highest BCUT2D eigenvalue weighted by atomic mass is 16.3. The predicted octanol–water partition coefficient (Wildman–Crippen LogP) is 16.4. The number of benzene rings is 10. The van der Waals surface area contributed by atoms with Crippen LogP contribution in [0.4, 0.5) is 17.1 Å². The minimum atomic E-state index is -0.477. The number of hydrogen-bond donors (Lipinski definition) is 0. The van der Waals surface area contributed by atoms with Gasteiger partial charge in [-0.05, 0) is 121 Å². The second-order valence-electron chi connectivity index (χ2n) is 16.7. The first-order valence-electron chi connectivity index (χ1n) is 21.8. The molecule has 0 saturated carbocycles. The molecule has 0 aliphatic heterocycles. The summed E-state index contributed by atoms with van der Waals surface area (Å²) >= 11 is 0. The molecule has 2 heteroatoms. The van der Waals surface area contributed by atoms with Crippen molar-refractivity contribution < 1.29 is 4.42 Å². The Morgan fingerprint density at radius 1 is 0.317 bits per heavy atom. The van der Waals surface area contributed by atoms with Gasteiger partial charge >= 0.3 is 0 Å². The van der Waals surface area contributed by atoms with Crippen molar-refractivity contribution in [3.05, 3.63) is 259 Å². The monoisotopic (exact) mass is 801 g/mol. The van der Waals surface area contributed by atoms with Gasteiger partial charge in [0, 0.05) is 33.4 Å². The molecule has 0 amide bonds. The van der Waals surface area contributed by atoms with Crippen LogP contribution in [0, 0.1) is 0 Å². The highest BCUT2D eigenvalue weighted by molar-refractivity contribution is 6.19. The van der Waals surface area contributed by atoms with E-state index in [1.54, 1.807) is 0 Å². The number of fused-ring (bicyclic) bond motifs is 14. The van der Waals surface area contributed by atoms with Gasteiger partial charge in [-0.3, -0.25) is 0 Å². The van der Waals surface area contributed by atoms with Gasteiger partial charge in [-0.2, -0.15) is 0 Å². The summed E-state index contributed by atoms with van der Waals surface area (Å²) in [5.74, 6) is 0. The minimum absolute atomic E-state index is 0.477. The molecule has 2 nitrogen and oxygen atoms in total. The number of anilines is 3. The summed E-state index contributed by atoms with van der Waals surface area (Å²) in [7, 11) is 0. The summed E-state index contributed by atoms with van der Waals surface area (Å²) in [6.45, 7) is 0. The SMILES string of the molecule is c1ccc(-c2ccc(N(c3ccc(-c4ccccc4)cc3)c3ccc(-c4cc5c(c6c4oc4ccccc46)-c4ccccc4C54c5ccccc5-c5ccccc54)cc3)cc2)cc1. The van der Waals surface area contributed by atoms with Crippen molar-refractivity contribution >= 4 is 39.0 Å². The maximum Gasteiger partial charge on any atom is 0.143 e. The molecule has 0 radical (unpaired) electrons. The molecule has 10 aromatic carbocycles. The maximum atomic E-state index is 6.97. The molecule has 0 bridgehead atoms. The lowest BCUT2D eigenvalue weighted by molar-refractivity contribution is 0.669. The average molecular weight is 802 g/mol. The topological polar surface area (TPSA) is 16.4 Å². The number of para-hydroxylation sites is 1. The number of rotatable bonds is 6. The molecule has 11 aromatic rings. The van der Waals surface area contributed by atoms with Crippen molar-refractivity contribution in [2.45, 2.75) is 5.41 Å². The van der Waals surface area contributed by atoms with Crippen LogP contribution in [0.3, 0.4) is 0 Å². The molecule has 2 aliphatic rings. The lowest BCUT2D eigenvalue weighted by Crippen LogP contribution is -2.25. The summed E-state index contributed by atoms with van der Waals surface area (Å²) in [6, 6.07) is 86.1. The van der Waals surface area contributed by atoms with E-state index in [2.05, 4.69) is 241 Å². The lowest BCUT2D eigenvalue weighted by atomic mass is 9.70. The van der Waals surface area contributed by atoms with Crippen LogP contribution in [-0.4, -0.2) is 0 Å². The highest BCUT2D eigenvalue weighted by Crippen LogP contribution is 2.65. The van der Waals surface area contributed by atoms with Crippen molar-refractivity contribution in [3.63, 3.8) is 0 Å². The van der Waals surface area contributed by atoms with Gasteiger partial charge in [0.05, 0.1) is 5.41 Å². The molecular weight excluding hydrogens is 763 g/mol. The fourth-order valence-electron chi connectivity index (χ4n) is 10.8. The van der Waals surface area contributed by atoms with Gasteiger partial charge < -0.3 is 9.32 Å². The summed E-state index contributed by atoms with van der Waals surface area (Å²) in [4.78, 5) is 2.35. The Hall–Kier alpha value is -8.20. The molecule has 1 heterocycles. The van der Waals surface area contributed by atoms with Gasteiger partial charge in [0.1, 0.15) is 11.2 Å². The van der Waals surface area contributed by atoms with Gasteiger partial charge in [-0.25, -0.2) is 0 Å². The first-order valence-corrected chi connectivity index (χ1v) is 21.8. The molecule has 0 N–H and O–H groups in total. The van der Waals surface area contributed by atoms with Gasteiger partial charge in [0.2, 0.25) is 0 Å². The van der Waals surface area contributed by atoms with Gasteiger partial charge in [0.15, 0.2) is 0 Å². The Kier molecular flexibility index (Phi) is 7.85. The van der Waals surface area contributed by atoms with Crippen molar-refractivity contribution in [1.29, 1.82) is 0 Å². The van der Waals surface area contributed by atoms with Crippen LogP contribution in [0.1, 0.15) is 22.3 Å². The van der Waals surface area contributed by atoms with E-state index in [9.17, 15) is 0 Å². The second kappa shape index (κ2) is 13.9. The van der Waals surface area contributed by atoms with Gasteiger partial charge in [-0.1, -0.05) is 188 Å². The first kappa shape index (κ1) is 35.5. The lowest BCUT2D eigenvalue weighted by Gasteiger charge is -2.30. The summed E-state index contributed by atoms with van der Waals surface area (Å²) < 4.78 is 6.97. The van der Waals surface area contributed by atoms with E-state index in [-0.39, 0.29) is 0 Å². The number of hydrogen-bond acceptors (Lipinski definition) is 2. The zero-order valence-corrected chi connectivity index (χ0v) is 34.4. The van der Waals surface area contributed by atoms with E-state index in [0.29, 0.717) is 0 Å². The maximum absolute atomic E-state index is 6.97. The Morgan fingerprint density at radius 3 is 1.27 bits per heavy atom. The van der Waals surface area contributed by atoms with Crippen LogP contribution < -0.4 is 4.90 Å². The van der Waals surface area contributed by atoms with Crippen LogP contribution in [0.25, 0.3) is 77.6 Å². The molecule has 1 spiro atoms. The van der Waals surface area contributed by atoms with E-state index < -0.39 is 5.41 Å². The molecular formula is C61H39NO. The minimum Gasteiger partial charge on any atom is -0.455 e. The molecule has 0 atom stereocenters. The summed E-state index contributed by atoms with van der Waals surface area (Å²) in [5.41, 5.74) is 22.0. The molecule has 294 valence electrons. The van der Waals surface area contributed by atoms with Crippen LogP contribution in [-0.2, 0) is 5.41 Å². The smallest absolute Gasteiger partial charge is 0.143 e. The van der Waals surface area contributed by atoms with E-state index in [4.69, 9.17) is 4.42 Å². The average Bonchev–Trinajstić information content (AvgIpc) is 3.99. The van der Waals surface area contributed by atoms with Crippen molar-refractivity contribution in [2.75, 3.05) is 4.90 Å². The van der Waals surface area contributed by atoms with Crippen molar-refractivity contribution in [2.24, 2.45) is 0 Å². The van der Waals surface area contributed by atoms with Crippen LogP contribution in [0.15, 0.2) is 241 Å². The third-order valence-corrected chi connectivity index (χ3v) is 13.5. The summed E-state index contributed by atoms with van der Waals surface area (Å²) in [6.07, 6.45) is 0. The number of nitrogens with zero attached hydrogens (tertiary/aromatic N) is 1. The fourth-order valence-corrected chi connectivity index (χ4v) is 10.8. The Bertz CT molecular complexity index is 3400. The van der Waals surface area contributed by atoms with E-state index in [0.717, 1.165) is 44.7 Å². The molecule has 0 saturated heterocycles. The molecule has 1 aromatic heterocycles. The molecule has 63 heavy (non-hydrogen) atoms. The largest absolute Gasteiger partial charge is 0.455 e. The Morgan fingerprint density at radius 2 is 0.730 bits per heavy atom. The predicted molar refractivity (Wildman–Crippen MR) is 261 cm³/mol. The Balaban J connectivity index is 1.01. The van der Waals surface area contributed by atoms with Gasteiger partial charge in [-0.15, -0.1) is 0 Å². The third kappa shape index (κ3) is 5.25. The zero-order valence-electron chi connectivity index (χ0n) is 34.4. The highest BCUT2D eigenvalue weighted by Gasteiger charge is 2.52. The third-order valence-electron chi connectivity index (χ3n) is 13.5. The Labute approximate surface area is 366 Å². The summed E-state index contributed by atoms with van der Waals surface area (Å²) in [5, 5.41) is 2.31. The quantitative estimate of drug-likeness (QED) is 0.167. The molecule has 0 fully saturated rings. The van der Waals surface area contributed by atoms with E-state index >= 15 is 0 Å². The van der Waals surface area contributed by atoms with Crippen LogP contribution in [0.5, 0.6) is 0 Å². The van der Waals surface area contributed by atoms with Crippen molar-refractivity contribution in [3.8, 4) is 55.6 Å². The fraction of sp³-hybridized carbons (Fsp3) is 0.0164. The normalized spacial score (nSPS) is 12.9. The van der Waals surface area contributed by atoms with E-state index in [1.807, 2.05) is 0 Å². The molecule has 13 rings (SSSR count). The molecule has 0 unspecified atom stereocenters. The second-order valence-corrected chi connectivity index (χ2v) is 16.7. The van der Waals surface area contributed by atoms with Crippen LogP contribution >= 0.6 is 0 Å². The van der Waals surface area contributed by atoms with Gasteiger partial charge in [0.25, 0.3) is 0 Å². The van der Waals surface area contributed by atoms with Crippen molar-refractivity contribution in [1.82, 2.24) is 0 Å². The van der Waals surface area contributed by atoms with E-state index in [1.165, 1.54) is 72.1 Å². The number of furan rings is 1.